The van der Waals surface area contributed by atoms with Gasteiger partial charge >= 0.3 is 0 Å². The summed E-state index contributed by atoms with van der Waals surface area (Å²) in [7, 11) is 0. The Bertz CT molecular complexity index is 800. The third-order valence-corrected chi connectivity index (χ3v) is 3.87. The first-order valence-electron chi connectivity index (χ1n) is 7.57. The van der Waals surface area contributed by atoms with Crippen molar-refractivity contribution in [1.29, 1.82) is 5.41 Å². The van der Waals surface area contributed by atoms with E-state index < -0.39 is 0 Å². The summed E-state index contributed by atoms with van der Waals surface area (Å²) in [4.78, 5) is 16.3. The molecule has 2 heterocycles. The molecule has 5 nitrogen and oxygen atoms in total. The van der Waals surface area contributed by atoms with E-state index in [0.29, 0.717) is 22.9 Å². The summed E-state index contributed by atoms with van der Waals surface area (Å²) in [6.45, 7) is 1.67. The number of benzene rings is 1. The lowest BCUT2D eigenvalue weighted by molar-refractivity contribution is -0.121. The van der Waals surface area contributed by atoms with Crippen molar-refractivity contribution in [2.75, 3.05) is 5.32 Å². The highest BCUT2D eigenvalue weighted by Gasteiger charge is 2.30. The van der Waals surface area contributed by atoms with E-state index in [1.54, 1.807) is 37.4 Å². The molecular weight excluding hydrogens is 307 g/mol. The number of nitrogens with one attached hydrogen (secondary N) is 3. The molecule has 0 saturated heterocycles. The Balaban J connectivity index is 2.04. The van der Waals surface area contributed by atoms with E-state index >= 15 is 0 Å². The van der Waals surface area contributed by atoms with Crippen LogP contribution in [0.2, 0.25) is 0 Å². The minimum Gasteiger partial charge on any atom is -0.326 e. The van der Waals surface area contributed by atoms with Gasteiger partial charge in [-0.2, -0.15) is 0 Å². The van der Waals surface area contributed by atoms with Crippen LogP contribution in [0, 0.1) is 11.2 Å². The lowest BCUT2D eigenvalue weighted by atomic mass is 9.83. The maximum atomic E-state index is 13.2. The molecule has 122 valence electrons. The molecule has 1 atom stereocenters. The fourth-order valence-electron chi connectivity index (χ4n) is 2.81. The van der Waals surface area contributed by atoms with Crippen LogP contribution in [0.25, 0.3) is 0 Å². The third kappa shape index (κ3) is 3.32. The van der Waals surface area contributed by atoms with E-state index in [2.05, 4.69) is 15.6 Å². The molecule has 0 saturated carbocycles. The molecule has 6 heteroatoms. The van der Waals surface area contributed by atoms with Gasteiger partial charge in [-0.25, -0.2) is 9.37 Å². The summed E-state index contributed by atoms with van der Waals surface area (Å²) < 4.78 is 13.2. The van der Waals surface area contributed by atoms with Gasteiger partial charge in [0.25, 0.3) is 0 Å². The van der Waals surface area contributed by atoms with Crippen LogP contribution >= 0.6 is 0 Å². The Kier molecular flexibility index (Phi) is 4.37. The second-order valence-electron chi connectivity index (χ2n) is 5.61. The van der Waals surface area contributed by atoms with Crippen molar-refractivity contribution in [3.63, 3.8) is 0 Å². The first-order valence-corrected chi connectivity index (χ1v) is 7.57. The number of carbonyl (C=O) groups is 1. The highest BCUT2D eigenvalue weighted by atomic mass is 19.1. The number of halogens is 1. The Labute approximate surface area is 139 Å². The van der Waals surface area contributed by atoms with Crippen LogP contribution in [-0.2, 0) is 4.79 Å². The lowest BCUT2D eigenvalue weighted by Gasteiger charge is -2.29. The molecular formula is C18H17FN4O. The SMILES string of the molecule is CC(=N)C1=C(Nc2ccccn2)NC(=O)CC1c1ccc(F)cc1. The van der Waals surface area contributed by atoms with Crippen molar-refractivity contribution in [2.45, 2.75) is 19.3 Å². The predicted octanol–water partition coefficient (Wildman–Crippen LogP) is 3.19. The molecule has 1 unspecified atom stereocenters. The highest BCUT2D eigenvalue weighted by molar-refractivity contribution is 6.01. The molecule has 0 aliphatic carbocycles. The zero-order chi connectivity index (χ0) is 17.1. The van der Waals surface area contributed by atoms with Crippen LogP contribution in [0.15, 0.2) is 60.1 Å². The monoisotopic (exact) mass is 324 g/mol. The molecule has 0 bridgehead atoms. The van der Waals surface area contributed by atoms with E-state index in [4.69, 9.17) is 5.41 Å². The van der Waals surface area contributed by atoms with E-state index in [9.17, 15) is 9.18 Å². The van der Waals surface area contributed by atoms with Gasteiger partial charge in [0.1, 0.15) is 17.5 Å². The molecule has 0 fully saturated rings. The second kappa shape index (κ2) is 6.62. The molecule has 0 spiro atoms. The van der Waals surface area contributed by atoms with Gasteiger partial charge in [0.05, 0.1) is 0 Å². The summed E-state index contributed by atoms with van der Waals surface area (Å²) in [5, 5.41) is 14.0. The number of aromatic nitrogens is 1. The quantitative estimate of drug-likeness (QED) is 0.756. The molecule has 3 rings (SSSR count). The summed E-state index contributed by atoms with van der Waals surface area (Å²) in [5.74, 6) is 0.233. The van der Waals surface area contributed by atoms with Crippen molar-refractivity contribution >= 4 is 17.4 Å². The number of rotatable bonds is 4. The Hall–Kier alpha value is -3.02. The standard InChI is InChI=1S/C18H17FN4O/c1-11(20)17-14(12-5-7-13(19)8-6-12)10-16(24)23-18(17)22-15-4-2-3-9-21-15/h2-9,14,20H,10H2,1H3,(H,21,22)(H,23,24). The molecule has 2 aromatic rings. The maximum Gasteiger partial charge on any atom is 0.226 e. The first kappa shape index (κ1) is 15.9. The summed E-state index contributed by atoms with van der Waals surface area (Å²) in [6, 6.07) is 11.4. The van der Waals surface area contributed by atoms with Gasteiger partial charge in [-0.15, -0.1) is 0 Å². The lowest BCUT2D eigenvalue weighted by Crippen LogP contribution is -2.37. The average Bonchev–Trinajstić information content (AvgIpc) is 2.55. The van der Waals surface area contributed by atoms with E-state index in [1.165, 1.54) is 12.1 Å². The van der Waals surface area contributed by atoms with Gasteiger partial charge in [0, 0.05) is 29.8 Å². The maximum absolute atomic E-state index is 13.2. The Morgan fingerprint density at radius 1 is 1.29 bits per heavy atom. The van der Waals surface area contributed by atoms with Crippen LogP contribution in [-0.4, -0.2) is 16.6 Å². The first-order chi connectivity index (χ1) is 11.5. The molecule has 1 aliphatic rings. The summed E-state index contributed by atoms with van der Waals surface area (Å²) in [6.07, 6.45) is 1.85. The number of amides is 1. The number of nitrogens with zero attached hydrogens (tertiary/aromatic N) is 1. The predicted molar refractivity (Wildman–Crippen MR) is 90.2 cm³/mol. The van der Waals surface area contributed by atoms with Crippen molar-refractivity contribution in [2.24, 2.45) is 0 Å². The van der Waals surface area contributed by atoms with Gasteiger partial charge in [0.2, 0.25) is 5.91 Å². The van der Waals surface area contributed by atoms with Crippen LogP contribution in [0.1, 0.15) is 24.8 Å². The highest BCUT2D eigenvalue weighted by Crippen LogP contribution is 2.33. The van der Waals surface area contributed by atoms with Crippen LogP contribution in [0.4, 0.5) is 10.2 Å². The summed E-state index contributed by atoms with van der Waals surface area (Å²) >= 11 is 0. The average molecular weight is 324 g/mol. The number of hydrogen-bond donors (Lipinski definition) is 3. The molecule has 1 amide bonds. The Morgan fingerprint density at radius 2 is 2.04 bits per heavy atom. The normalized spacial score (nSPS) is 17.4. The second-order valence-corrected chi connectivity index (χ2v) is 5.61. The number of carbonyl (C=O) groups excluding carboxylic acids is 1. The van der Waals surface area contributed by atoms with E-state index in [1.807, 2.05) is 6.07 Å². The largest absolute Gasteiger partial charge is 0.326 e. The van der Waals surface area contributed by atoms with Crippen LogP contribution < -0.4 is 10.6 Å². The van der Waals surface area contributed by atoms with Crippen molar-refractivity contribution in [3.05, 3.63) is 71.4 Å². The smallest absolute Gasteiger partial charge is 0.226 e. The minimum atomic E-state index is -0.331. The number of pyridine rings is 1. The van der Waals surface area contributed by atoms with Gasteiger partial charge in [-0.1, -0.05) is 18.2 Å². The molecule has 3 N–H and O–H groups in total. The molecule has 1 aliphatic heterocycles. The number of allylic oxidation sites excluding steroid dienone is 1. The molecule has 1 aromatic heterocycles. The minimum absolute atomic E-state index is 0.159. The van der Waals surface area contributed by atoms with Crippen molar-refractivity contribution in [1.82, 2.24) is 10.3 Å². The number of hydrogen-bond acceptors (Lipinski definition) is 4. The summed E-state index contributed by atoms with van der Waals surface area (Å²) in [5.41, 5.74) is 1.81. The van der Waals surface area contributed by atoms with E-state index in [0.717, 1.165) is 5.56 Å². The fraction of sp³-hybridized carbons (Fsp3) is 0.167. The van der Waals surface area contributed by atoms with Crippen molar-refractivity contribution < 1.29 is 9.18 Å². The van der Waals surface area contributed by atoms with E-state index in [-0.39, 0.29) is 24.1 Å². The van der Waals surface area contributed by atoms with Crippen LogP contribution in [0.5, 0.6) is 0 Å². The third-order valence-electron chi connectivity index (χ3n) is 3.87. The topological polar surface area (TPSA) is 77.9 Å². The van der Waals surface area contributed by atoms with Crippen molar-refractivity contribution in [3.8, 4) is 0 Å². The fourth-order valence-corrected chi connectivity index (χ4v) is 2.81. The van der Waals surface area contributed by atoms with Gasteiger partial charge in [-0.3, -0.25) is 4.79 Å². The van der Waals surface area contributed by atoms with Gasteiger partial charge < -0.3 is 16.0 Å². The molecule has 0 radical (unpaired) electrons. The number of anilines is 1. The van der Waals surface area contributed by atoms with Gasteiger partial charge in [-0.05, 0) is 36.8 Å². The Morgan fingerprint density at radius 3 is 2.67 bits per heavy atom. The molecule has 24 heavy (non-hydrogen) atoms. The molecule has 1 aromatic carbocycles. The zero-order valence-corrected chi connectivity index (χ0v) is 13.1. The zero-order valence-electron chi connectivity index (χ0n) is 13.1. The van der Waals surface area contributed by atoms with Gasteiger partial charge in [0.15, 0.2) is 0 Å². The van der Waals surface area contributed by atoms with Crippen LogP contribution in [0.3, 0.4) is 0 Å².